The van der Waals surface area contributed by atoms with E-state index >= 15 is 0 Å². The van der Waals surface area contributed by atoms with E-state index in [0.29, 0.717) is 11.6 Å². The molecule has 1 unspecified atom stereocenters. The largest absolute Gasteiger partial charge is 0.465 e. The molecule has 138 valence electrons. The highest BCUT2D eigenvalue weighted by molar-refractivity contribution is 5.89. The summed E-state index contributed by atoms with van der Waals surface area (Å²) in [7, 11) is 1.43. The maximum atomic E-state index is 11.7. The second-order valence-electron chi connectivity index (χ2n) is 7.05. The Bertz CT molecular complexity index is 558. The highest BCUT2D eigenvalue weighted by Gasteiger charge is 2.23. The Morgan fingerprint density at radius 1 is 1.24 bits per heavy atom. The van der Waals surface area contributed by atoms with Crippen LogP contribution in [0.25, 0.3) is 0 Å². The third-order valence-corrected chi connectivity index (χ3v) is 5.37. The Labute approximate surface area is 150 Å². The third-order valence-electron chi connectivity index (χ3n) is 5.37. The van der Waals surface area contributed by atoms with E-state index in [1.807, 2.05) is 18.2 Å². The number of morpholine rings is 1. The van der Waals surface area contributed by atoms with Crippen LogP contribution in [0.4, 0.5) is 0 Å². The first-order chi connectivity index (χ1) is 12.3. The summed E-state index contributed by atoms with van der Waals surface area (Å²) in [6.07, 6.45) is 5.09. The maximum Gasteiger partial charge on any atom is 0.337 e. The molecule has 2 saturated heterocycles. The van der Waals surface area contributed by atoms with Crippen molar-refractivity contribution >= 4 is 5.97 Å². The number of piperidine rings is 1. The number of likely N-dealkylation sites (tertiary alicyclic amines) is 1. The van der Waals surface area contributed by atoms with Crippen LogP contribution in [0.1, 0.15) is 41.6 Å². The first-order valence-corrected chi connectivity index (χ1v) is 9.47. The molecule has 0 saturated carbocycles. The van der Waals surface area contributed by atoms with Gasteiger partial charge in [-0.2, -0.15) is 0 Å². The molecule has 25 heavy (non-hydrogen) atoms. The normalized spacial score (nSPS) is 22.7. The van der Waals surface area contributed by atoms with Gasteiger partial charge in [-0.05, 0) is 50.0 Å². The molecule has 3 rings (SSSR count). The molecule has 1 atom stereocenters. The van der Waals surface area contributed by atoms with Crippen molar-refractivity contribution in [2.75, 3.05) is 46.5 Å². The molecule has 5 nitrogen and oxygen atoms in total. The van der Waals surface area contributed by atoms with Crippen LogP contribution in [-0.2, 0) is 16.0 Å². The Balaban J connectivity index is 1.58. The highest BCUT2D eigenvalue weighted by Crippen LogP contribution is 2.23. The maximum absolute atomic E-state index is 11.7. The number of methoxy groups -OCH3 is 1. The lowest BCUT2D eigenvalue weighted by Crippen LogP contribution is -2.43. The molecule has 0 radical (unpaired) electrons. The van der Waals surface area contributed by atoms with Gasteiger partial charge in [-0.1, -0.05) is 18.6 Å². The lowest BCUT2D eigenvalue weighted by Gasteiger charge is -2.37. The van der Waals surface area contributed by atoms with Gasteiger partial charge in [0.2, 0.25) is 0 Å². The highest BCUT2D eigenvalue weighted by atomic mass is 16.5. The van der Waals surface area contributed by atoms with Crippen LogP contribution in [0.15, 0.2) is 24.3 Å². The van der Waals surface area contributed by atoms with Crippen molar-refractivity contribution in [1.29, 1.82) is 0 Å². The minimum atomic E-state index is -0.260. The van der Waals surface area contributed by atoms with Gasteiger partial charge in [-0.15, -0.1) is 0 Å². The van der Waals surface area contributed by atoms with Crippen molar-refractivity contribution in [3.63, 3.8) is 0 Å². The van der Waals surface area contributed by atoms with E-state index in [4.69, 9.17) is 9.47 Å². The fourth-order valence-electron chi connectivity index (χ4n) is 3.90. The molecule has 2 aliphatic rings. The van der Waals surface area contributed by atoms with Gasteiger partial charge in [-0.3, -0.25) is 9.80 Å². The van der Waals surface area contributed by atoms with Crippen LogP contribution in [-0.4, -0.2) is 68.3 Å². The van der Waals surface area contributed by atoms with Gasteiger partial charge in [0, 0.05) is 25.7 Å². The summed E-state index contributed by atoms with van der Waals surface area (Å²) in [5, 5.41) is 0. The minimum Gasteiger partial charge on any atom is -0.465 e. The topological polar surface area (TPSA) is 42.0 Å². The second kappa shape index (κ2) is 9.32. The van der Waals surface area contributed by atoms with Gasteiger partial charge in [0.1, 0.15) is 0 Å². The zero-order valence-electron chi connectivity index (χ0n) is 15.3. The number of nitrogens with zero attached hydrogens (tertiary/aromatic N) is 2. The van der Waals surface area contributed by atoms with Crippen LogP contribution in [0.5, 0.6) is 0 Å². The zero-order valence-corrected chi connectivity index (χ0v) is 15.3. The summed E-state index contributed by atoms with van der Waals surface area (Å²) >= 11 is 0. The van der Waals surface area contributed by atoms with Crippen molar-refractivity contribution in [3.05, 3.63) is 35.4 Å². The van der Waals surface area contributed by atoms with Gasteiger partial charge >= 0.3 is 5.97 Å². The van der Waals surface area contributed by atoms with Gasteiger partial charge in [0.25, 0.3) is 0 Å². The molecule has 0 bridgehead atoms. The zero-order chi connectivity index (χ0) is 17.5. The van der Waals surface area contributed by atoms with Gasteiger partial charge < -0.3 is 9.47 Å². The molecule has 0 amide bonds. The van der Waals surface area contributed by atoms with E-state index in [-0.39, 0.29) is 5.97 Å². The van der Waals surface area contributed by atoms with E-state index in [2.05, 4.69) is 15.9 Å². The lowest BCUT2D eigenvalue weighted by atomic mass is 9.98. The number of carbonyl (C=O) groups is 1. The molecule has 0 N–H and O–H groups in total. The average molecular weight is 346 g/mol. The fourth-order valence-corrected chi connectivity index (χ4v) is 3.90. The van der Waals surface area contributed by atoms with Crippen molar-refractivity contribution in [2.24, 2.45) is 0 Å². The van der Waals surface area contributed by atoms with Gasteiger partial charge in [0.05, 0.1) is 25.9 Å². The standard InChI is InChI=1S/C20H30N2O3/c1-24-20(23)18-6-4-5-17(15-18)16-22-9-3-2-7-19(22)8-10-21-11-13-25-14-12-21/h4-6,15,19H,2-3,7-14,16H2,1H3. The molecular weight excluding hydrogens is 316 g/mol. The second-order valence-corrected chi connectivity index (χ2v) is 7.05. The summed E-state index contributed by atoms with van der Waals surface area (Å²) in [5.41, 5.74) is 1.84. The van der Waals surface area contributed by atoms with Crippen molar-refractivity contribution in [3.8, 4) is 0 Å². The van der Waals surface area contributed by atoms with Crippen LogP contribution in [0.3, 0.4) is 0 Å². The number of carbonyl (C=O) groups excluding carboxylic acids is 1. The first kappa shape index (κ1) is 18.4. The summed E-state index contributed by atoms with van der Waals surface area (Å²) in [4.78, 5) is 16.9. The summed E-state index contributed by atoms with van der Waals surface area (Å²) in [6.45, 7) is 7.09. The molecule has 1 aromatic carbocycles. The van der Waals surface area contributed by atoms with Crippen LogP contribution >= 0.6 is 0 Å². The van der Waals surface area contributed by atoms with Gasteiger partial charge in [-0.25, -0.2) is 4.79 Å². The number of benzene rings is 1. The fraction of sp³-hybridized carbons (Fsp3) is 0.650. The lowest BCUT2D eigenvalue weighted by molar-refractivity contribution is 0.0302. The monoisotopic (exact) mass is 346 g/mol. The first-order valence-electron chi connectivity index (χ1n) is 9.47. The number of rotatable bonds is 6. The summed E-state index contributed by atoms with van der Waals surface area (Å²) < 4.78 is 10.3. The van der Waals surface area contributed by atoms with E-state index in [1.54, 1.807) is 0 Å². The molecule has 1 aromatic rings. The van der Waals surface area contributed by atoms with Crippen LogP contribution < -0.4 is 0 Å². The molecule has 2 fully saturated rings. The summed E-state index contributed by atoms with van der Waals surface area (Å²) in [6, 6.07) is 8.49. The van der Waals surface area contributed by atoms with Crippen molar-refractivity contribution < 1.29 is 14.3 Å². The molecule has 0 aromatic heterocycles. The SMILES string of the molecule is COC(=O)c1cccc(CN2CCCCC2CCN2CCOCC2)c1. The van der Waals surface area contributed by atoms with E-state index in [0.717, 1.165) is 45.9 Å². The van der Waals surface area contributed by atoms with Gasteiger partial charge in [0.15, 0.2) is 0 Å². The Morgan fingerprint density at radius 3 is 2.88 bits per heavy atom. The number of ether oxygens (including phenoxy) is 2. The summed E-state index contributed by atoms with van der Waals surface area (Å²) in [5.74, 6) is -0.260. The quantitative estimate of drug-likeness (QED) is 0.741. The Hall–Kier alpha value is -1.43. The molecular formula is C20H30N2O3. The van der Waals surface area contributed by atoms with Crippen LogP contribution in [0, 0.1) is 0 Å². The number of hydrogen-bond donors (Lipinski definition) is 0. The molecule has 0 aliphatic carbocycles. The van der Waals surface area contributed by atoms with E-state index in [9.17, 15) is 4.79 Å². The van der Waals surface area contributed by atoms with Crippen molar-refractivity contribution in [1.82, 2.24) is 9.80 Å². The molecule has 5 heteroatoms. The van der Waals surface area contributed by atoms with E-state index < -0.39 is 0 Å². The number of hydrogen-bond acceptors (Lipinski definition) is 5. The predicted molar refractivity (Wildman–Crippen MR) is 97.7 cm³/mol. The Kier molecular flexibility index (Phi) is 6.84. The molecule has 2 heterocycles. The van der Waals surface area contributed by atoms with Crippen molar-refractivity contribution in [2.45, 2.75) is 38.3 Å². The smallest absolute Gasteiger partial charge is 0.337 e. The predicted octanol–water partition coefficient (Wildman–Crippen LogP) is 2.55. The Morgan fingerprint density at radius 2 is 2.08 bits per heavy atom. The third kappa shape index (κ3) is 5.27. The number of esters is 1. The van der Waals surface area contributed by atoms with Crippen LogP contribution in [0.2, 0.25) is 0 Å². The molecule has 2 aliphatic heterocycles. The van der Waals surface area contributed by atoms with E-state index in [1.165, 1.54) is 38.4 Å². The minimum absolute atomic E-state index is 0.260. The average Bonchev–Trinajstić information content (AvgIpc) is 2.68. The molecule has 0 spiro atoms.